The number of carbonyl (C=O) groups is 3. The number of nitrogens with one attached hydrogen (secondary N) is 3. The Balaban J connectivity index is 1.34. The number of anilines is 4. The molecule has 0 unspecified atom stereocenters. The number of carbonyl (C=O) groups excluding carboxylic acids is 3. The number of nitrogens with two attached hydrogens (primary N) is 1. The van der Waals surface area contributed by atoms with Crippen molar-refractivity contribution >= 4 is 40.5 Å². The molecule has 1 heterocycles. The summed E-state index contributed by atoms with van der Waals surface area (Å²) in [4.78, 5) is 37.5. The number of amides is 3. The Morgan fingerprint density at radius 2 is 1.00 bits per heavy atom. The van der Waals surface area contributed by atoms with Crippen molar-refractivity contribution in [2.45, 2.75) is 0 Å². The molecule has 4 aromatic rings. The van der Waals surface area contributed by atoms with Crippen molar-refractivity contribution in [3.63, 3.8) is 0 Å². The highest BCUT2D eigenvalue weighted by Gasteiger charge is 2.11. The zero-order valence-electron chi connectivity index (χ0n) is 19.0. The van der Waals surface area contributed by atoms with Crippen molar-refractivity contribution in [3.8, 4) is 0 Å². The molecular formula is C27H24N5O3+. The van der Waals surface area contributed by atoms with Gasteiger partial charge in [0.25, 0.3) is 17.7 Å². The molecule has 0 saturated carbocycles. The number of hydrogen-bond acceptors (Lipinski definition) is 4. The summed E-state index contributed by atoms with van der Waals surface area (Å²) in [7, 11) is 1.87. The van der Waals surface area contributed by atoms with Gasteiger partial charge in [-0.1, -0.05) is 0 Å². The predicted octanol–water partition coefficient (Wildman–Crippen LogP) is 3.85. The topological polar surface area (TPSA) is 117 Å². The minimum absolute atomic E-state index is 0.248. The van der Waals surface area contributed by atoms with Gasteiger partial charge in [0, 0.05) is 39.8 Å². The van der Waals surface area contributed by atoms with E-state index in [1.165, 1.54) is 0 Å². The maximum atomic E-state index is 12.6. The Morgan fingerprint density at radius 1 is 0.600 bits per heavy atom. The van der Waals surface area contributed by atoms with Crippen LogP contribution in [0, 0.1) is 0 Å². The van der Waals surface area contributed by atoms with E-state index >= 15 is 0 Å². The second-order valence-electron chi connectivity index (χ2n) is 7.90. The van der Waals surface area contributed by atoms with Gasteiger partial charge in [-0.05, 0) is 78.9 Å². The second kappa shape index (κ2) is 10.3. The number of nitrogens with zero attached hydrogens (tertiary/aromatic N) is 1. The van der Waals surface area contributed by atoms with Crippen LogP contribution in [0.15, 0.2) is 97.3 Å². The third-order valence-corrected chi connectivity index (χ3v) is 5.18. The first-order valence-corrected chi connectivity index (χ1v) is 10.8. The third-order valence-electron chi connectivity index (χ3n) is 5.18. The first-order chi connectivity index (χ1) is 16.9. The lowest BCUT2D eigenvalue weighted by Crippen LogP contribution is -2.27. The van der Waals surface area contributed by atoms with Gasteiger partial charge >= 0.3 is 0 Å². The van der Waals surface area contributed by atoms with Crippen LogP contribution in [0.3, 0.4) is 0 Å². The Bertz CT molecular complexity index is 1370. The summed E-state index contributed by atoms with van der Waals surface area (Å²) in [5, 5.41) is 8.40. The summed E-state index contributed by atoms with van der Waals surface area (Å²) < 4.78 is 1.84. The molecule has 0 spiro atoms. The van der Waals surface area contributed by atoms with E-state index in [0.29, 0.717) is 39.4 Å². The minimum Gasteiger partial charge on any atom is -0.399 e. The highest BCUT2D eigenvalue weighted by Crippen LogP contribution is 2.15. The molecule has 0 bridgehead atoms. The molecule has 0 saturated heterocycles. The number of hydrogen-bond donors (Lipinski definition) is 4. The highest BCUT2D eigenvalue weighted by atomic mass is 16.2. The average Bonchev–Trinajstić information content (AvgIpc) is 2.86. The molecule has 4 rings (SSSR count). The normalized spacial score (nSPS) is 10.3. The summed E-state index contributed by atoms with van der Waals surface area (Å²) >= 11 is 0. The van der Waals surface area contributed by atoms with E-state index in [-0.39, 0.29) is 17.7 Å². The van der Waals surface area contributed by atoms with E-state index in [2.05, 4.69) is 16.0 Å². The number of pyridine rings is 1. The molecule has 174 valence electrons. The highest BCUT2D eigenvalue weighted by molar-refractivity contribution is 6.08. The van der Waals surface area contributed by atoms with E-state index in [0.717, 1.165) is 0 Å². The molecule has 0 fully saturated rings. The molecule has 3 aromatic carbocycles. The molecule has 0 atom stereocenters. The molecule has 8 nitrogen and oxygen atoms in total. The molecule has 35 heavy (non-hydrogen) atoms. The lowest BCUT2D eigenvalue weighted by molar-refractivity contribution is -0.670. The Kier molecular flexibility index (Phi) is 6.83. The standard InChI is InChI=1S/C27H23N5O3/c1-32-16-2-3-24(17-32)31-27(35)20-8-12-22(13-9-20)29-25(33)18-4-6-19(7-5-18)26(34)30-23-14-10-21(28)11-15-23/h2-17H,1H3,(H4-,28,29,30,31,33,34,35)/p+1. The van der Waals surface area contributed by atoms with Gasteiger partial charge in [0.15, 0.2) is 12.4 Å². The summed E-state index contributed by atoms with van der Waals surface area (Å²) in [6.45, 7) is 0. The fraction of sp³-hybridized carbons (Fsp3) is 0.0370. The predicted molar refractivity (Wildman–Crippen MR) is 135 cm³/mol. The average molecular weight is 467 g/mol. The SMILES string of the molecule is C[n+]1cccc(NC(=O)c2ccc(NC(=O)c3ccc(C(=O)Nc4ccc(N)cc4)cc3)cc2)c1. The van der Waals surface area contributed by atoms with Gasteiger partial charge in [0.2, 0.25) is 0 Å². The molecule has 5 N–H and O–H groups in total. The zero-order chi connectivity index (χ0) is 24.8. The molecule has 0 aliphatic heterocycles. The Hall–Kier alpha value is -4.98. The summed E-state index contributed by atoms with van der Waals surface area (Å²) in [5.41, 5.74) is 9.39. The van der Waals surface area contributed by atoms with E-state index in [9.17, 15) is 14.4 Å². The number of aromatic nitrogens is 1. The number of aryl methyl sites for hydroxylation is 1. The minimum atomic E-state index is -0.329. The summed E-state index contributed by atoms with van der Waals surface area (Å²) in [6.07, 6.45) is 3.68. The van der Waals surface area contributed by atoms with Crippen LogP contribution in [0.5, 0.6) is 0 Å². The number of rotatable bonds is 6. The van der Waals surface area contributed by atoms with Gasteiger partial charge in [-0.3, -0.25) is 14.4 Å². The van der Waals surface area contributed by atoms with Crippen molar-refractivity contribution in [1.29, 1.82) is 0 Å². The van der Waals surface area contributed by atoms with Gasteiger partial charge < -0.3 is 21.7 Å². The fourth-order valence-corrected chi connectivity index (χ4v) is 3.32. The monoisotopic (exact) mass is 466 g/mol. The molecule has 3 amide bonds. The van der Waals surface area contributed by atoms with Crippen LogP contribution in [0.1, 0.15) is 31.1 Å². The second-order valence-corrected chi connectivity index (χ2v) is 7.90. The fourth-order valence-electron chi connectivity index (χ4n) is 3.32. The largest absolute Gasteiger partial charge is 0.399 e. The van der Waals surface area contributed by atoms with Crippen LogP contribution >= 0.6 is 0 Å². The molecule has 1 aromatic heterocycles. The molecular weight excluding hydrogens is 442 g/mol. The van der Waals surface area contributed by atoms with E-state index in [1.54, 1.807) is 85.1 Å². The summed E-state index contributed by atoms with van der Waals surface area (Å²) in [6, 6.07) is 23.4. The van der Waals surface area contributed by atoms with Crippen molar-refractivity contribution in [1.82, 2.24) is 0 Å². The van der Waals surface area contributed by atoms with Gasteiger partial charge in [0.1, 0.15) is 12.7 Å². The van der Waals surface area contributed by atoms with Crippen LogP contribution in [0.2, 0.25) is 0 Å². The van der Waals surface area contributed by atoms with Gasteiger partial charge in [-0.2, -0.15) is 0 Å². The van der Waals surface area contributed by atoms with E-state index in [4.69, 9.17) is 5.73 Å². The number of nitrogen functional groups attached to an aromatic ring is 1. The zero-order valence-corrected chi connectivity index (χ0v) is 19.0. The third kappa shape index (κ3) is 6.08. The molecule has 0 aliphatic rings. The van der Waals surface area contributed by atoms with Crippen LogP contribution in [0.4, 0.5) is 22.7 Å². The quantitative estimate of drug-likeness (QED) is 0.255. The number of benzene rings is 3. The van der Waals surface area contributed by atoms with Crippen LogP contribution in [-0.2, 0) is 7.05 Å². The lowest BCUT2D eigenvalue weighted by atomic mass is 10.1. The molecule has 8 heteroatoms. The van der Waals surface area contributed by atoms with Crippen molar-refractivity contribution in [2.75, 3.05) is 21.7 Å². The maximum absolute atomic E-state index is 12.6. The van der Waals surface area contributed by atoms with Gasteiger partial charge in [0.05, 0.1) is 0 Å². The van der Waals surface area contributed by atoms with Crippen LogP contribution in [-0.4, -0.2) is 17.7 Å². The smallest absolute Gasteiger partial charge is 0.255 e. The van der Waals surface area contributed by atoms with E-state index < -0.39 is 0 Å². The Labute approximate surface area is 202 Å². The van der Waals surface area contributed by atoms with Crippen molar-refractivity contribution in [2.24, 2.45) is 7.05 Å². The first kappa shape index (κ1) is 23.2. The first-order valence-electron chi connectivity index (χ1n) is 10.8. The Morgan fingerprint density at radius 3 is 1.46 bits per heavy atom. The van der Waals surface area contributed by atoms with Crippen molar-refractivity contribution in [3.05, 3.63) is 114 Å². The van der Waals surface area contributed by atoms with Crippen molar-refractivity contribution < 1.29 is 19.0 Å². The van der Waals surface area contributed by atoms with Gasteiger partial charge in [-0.25, -0.2) is 4.57 Å². The van der Waals surface area contributed by atoms with Gasteiger partial charge in [-0.15, -0.1) is 0 Å². The maximum Gasteiger partial charge on any atom is 0.255 e. The lowest BCUT2D eigenvalue weighted by Gasteiger charge is -2.09. The van der Waals surface area contributed by atoms with Crippen LogP contribution in [0.25, 0.3) is 0 Å². The van der Waals surface area contributed by atoms with E-state index in [1.807, 2.05) is 23.9 Å². The molecule has 0 radical (unpaired) electrons. The van der Waals surface area contributed by atoms with Crippen LogP contribution < -0.4 is 26.3 Å². The molecule has 0 aliphatic carbocycles. The summed E-state index contributed by atoms with van der Waals surface area (Å²) in [5.74, 6) is -0.869.